The topological polar surface area (TPSA) is 107 Å². The van der Waals surface area contributed by atoms with Crippen LogP contribution in [-0.2, 0) is 17.8 Å². The summed E-state index contributed by atoms with van der Waals surface area (Å²) in [7, 11) is 6.19. The molecular weight excluding hydrogens is 578 g/mol. The Kier molecular flexibility index (Phi) is 11.0. The summed E-state index contributed by atoms with van der Waals surface area (Å²) in [4.78, 5) is 46.0. The number of H-pyrrole nitrogens is 1. The van der Waals surface area contributed by atoms with Gasteiger partial charge in [-0.15, -0.1) is 0 Å². The molecule has 0 radical (unpaired) electrons. The first-order valence-corrected chi connectivity index (χ1v) is 16.2. The largest absolute Gasteiger partial charge is 0.444 e. The predicted molar refractivity (Wildman–Crippen MR) is 186 cm³/mol. The highest BCUT2D eigenvalue weighted by Gasteiger charge is 2.28. The highest BCUT2D eigenvalue weighted by molar-refractivity contribution is 5.99. The minimum absolute atomic E-state index is 0.0716. The van der Waals surface area contributed by atoms with Crippen molar-refractivity contribution in [3.63, 3.8) is 0 Å². The number of nitrogens with one attached hydrogen (secondary N) is 3. The third kappa shape index (κ3) is 9.00. The van der Waals surface area contributed by atoms with Crippen LogP contribution in [0.25, 0.3) is 11.1 Å². The van der Waals surface area contributed by atoms with Crippen molar-refractivity contribution in [2.75, 3.05) is 26.0 Å². The zero-order chi connectivity index (χ0) is 33.8. The first kappa shape index (κ1) is 34.8. The van der Waals surface area contributed by atoms with Crippen LogP contribution in [0.3, 0.4) is 0 Å². The van der Waals surface area contributed by atoms with Gasteiger partial charge < -0.3 is 30.2 Å². The number of pyridine rings is 1. The van der Waals surface area contributed by atoms with Crippen LogP contribution in [0.1, 0.15) is 84.8 Å². The molecule has 4 rings (SSSR count). The Morgan fingerprint density at radius 3 is 2.17 bits per heavy atom. The molecule has 46 heavy (non-hydrogen) atoms. The van der Waals surface area contributed by atoms with Crippen molar-refractivity contribution < 1.29 is 14.3 Å². The maximum atomic E-state index is 13.8. The van der Waals surface area contributed by atoms with E-state index >= 15 is 0 Å². The number of carbonyl (C=O) groups is 2. The molecule has 1 saturated carbocycles. The van der Waals surface area contributed by atoms with Crippen molar-refractivity contribution in [2.24, 2.45) is 0 Å². The molecule has 1 aliphatic rings. The van der Waals surface area contributed by atoms with E-state index < -0.39 is 5.60 Å². The molecule has 2 amide bonds. The highest BCUT2D eigenvalue weighted by Crippen LogP contribution is 2.34. The molecule has 0 aliphatic heterocycles. The SMILES string of the molecule is Cc1cc(C)c(CNC(=O)c2cc(-c3ccc(CN(C)C)cc3)cc(N(C)C3CCC(NC(=O)OC(C)(C)C)CC3)c2C)c(=O)[nH]1. The number of anilines is 1. The lowest BCUT2D eigenvalue weighted by Gasteiger charge is -2.37. The van der Waals surface area contributed by atoms with E-state index in [0.717, 1.165) is 65.9 Å². The van der Waals surface area contributed by atoms with E-state index in [1.807, 2.05) is 67.8 Å². The number of rotatable bonds is 9. The van der Waals surface area contributed by atoms with Crippen LogP contribution in [-0.4, -0.2) is 60.7 Å². The second-order valence-electron chi connectivity index (χ2n) is 14.0. The Labute approximate surface area is 273 Å². The molecule has 1 aromatic heterocycles. The Bertz CT molecular complexity index is 1600. The van der Waals surface area contributed by atoms with E-state index in [9.17, 15) is 14.4 Å². The van der Waals surface area contributed by atoms with Gasteiger partial charge in [-0.2, -0.15) is 0 Å². The fourth-order valence-corrected chi connectivity index (χ4v) is 6.28. The number of alkyl carbamates (subject to hydrolysis) is 1. The number of aromatic nitrogens is 1. The minimum atomic E-state index is -0.532. The molecular formula is C37H51N5O4. The van der Waals surface area contributed by atoms with Crippen LogP contribution >= 0.6 is 0 Å². The van der Waals surface area contributed by atoms with Gasteiger partial charge in [0.2, 0.25) is 0 Å². The Morgan fingerprint density at radius 1 is 0.935 bits per heavy atom. The minimum Gasteiger partial charge on any atom is -0.444 e. The molecule has 0 atom stereocenters. The first-order chi connectivity index (χ1) is 21.6. The van der Waals surface area contributed by atoms with E-state index in [-0.39, 0.29) is 36.2 Å². The monoisotopic (exact) mass is 629 g/mol. The van der Waals surface area contributed by atoms with Gasteiger partial charge in [-0.25, -0.2) is 4.79 Å². The quantitative estimate of drug-likeness (QED) is 0.259. The summed E-state index contributed by atoms with van der Waals surface area (Å²) in [5, 5.41) is 6.05. The van der Waals surface area contributed by atoms with Gasteiger partial charge in [-0.3, -0.25) is 9.59 Å². The van der Waals surface area contributed by atoms with Crippen molar-refractivity contribution in [1.82, 2.24) is 20.5 Å². The van der Waals surface area contributed by atoms with Gasteiger partial charge in [0, 0.05) is 54.7 Å². The van der Waals surface area contributed by atoms with Crippen LogP contribution in [0.2, 0.25) is 0 Å². The fourth-order valence-electron chi connectivity index (χ4n) is 6.28. The van der Waals surface area contributed by atoms with Crippen molar-refractivity contribution in [3.8, 4) is 11.1 Å². The smallest absolute Gasteiger partial charge is 0.407 e. The van der Waals surface area contributed by atoms with Crippen molar-refractivity contribution >= 4 is 17.7 Å². The number of hydrogen-bond donors (Lipinski definition) is 3. The van der Waals surface area contributed by atoms with Crippen LogP contribution in [0.4, 0.5) is 10.5 Å². The normalized spacial score (nSPS) is 16.7. The van der Waals surface area contributed by atoms with Crippen LogP contribution in [0.5, 0.6) is 0 Å². The molecule has 0 unspecified atom stereocenters. The predicted octanol–water partition coefficient (Wildman–Crippen LogP) is 6.23. The molecule has 3 N–H and O–H groups in total. The highest BCUT2D eigenvalue weighted by atomic mass is 16.6. The molecule has 9 heteroatoms. The van der Waals surface area contributed by atoms with Crippen LogP contribution in [0.15, 0.2) is 47.3 Å². The maximum absolute atomic E-state index is 13.8. The van der Waals surface area contributed by atoms with Gasteiger partial charge in [-0.05, 0) is 127 Å². The molecule has 0 saturated heterocycles. The van der Waals surface area contributed by atoms with E-state index in [2.05, 4.69) is 62.8 Å². The molecule has 1 heterocycles. The van der Waals surface area contributed by atoms with Gasteiger partial charge in [0.15, 0.2) is 0 Å². The summed E-state index contributed by atoms with van der Waals surface area (Å²) in [6, 6.07) is 14.8. The summed E-state index contributed by atoms with van der Waals surface area (Å²) < 4.78 is 5.46. The van der Waals surface area contributed by atoms with Gasteiger partial charge in [0.25, 0.3) is 11.5 Å². The second kappa shape index (κ2) is 14.5. The third-order valence-corrected chi connectivity index (χ3v) is 8.68. The molecule has 9 nitrogen and oxygen atoms in total. The summed E-state index contributed by atoms with van der Waals surface area (Å²) in [6.07, 6.45) is 3.12. The van der Waals surface area contributed by atoms with Crippen molar-refractivity contribution in [1.29, 1.82) is 0 Å². The van der Waals surface area contributed by atoms with E-state index in [1.165, 1.54) is 5.56 Å². The van der Waals surface area contributed by atoms with Gasteiger partial charge in [0.05, 0.1) is 0 Å². The lowest BCUT2D eigenvalue weighted by molar-refractivity contribution is 0.0491. The zero-order valence-corrected chi connectivity index (χ0v) is 29.0. The summed E-state index contributed by atoms with van der Waals surface area (Å²) in [5.74, 6) is -0.220. The Hall–Kier alpha value is -4.11. The summed E-state index contributed by atoms with van der Waals surface area (Å²) >= 11 is 0. The van der Waals surface area contributed by atoms with Crippen molar-refractivity contribution in [3.05, 3.63) is 86.3 Å². The molecule has 1 aliphatic carbocycles. The average Bonchev–Trinajstić information content (AvgIpc) is 2.96. The van der Waals surface area contributed by atoms with Crippen LogP contribution in [0, 0.1) is 20.8 Å². The number of carbonyl (C=O) groups excluding carboxylic acids is 2. The lowest BCUT2D eigenvalue weighted by atomic mass is 9.89. The number of aryl methyl sites for hydroxylation is 2. The van der Waals surface area contributed by atoms with E-state index in [1.54, 1.807) is 0 Å². The molecule has 248 valence electrons. The molecule has 1 fully saturated rings. The molecule has 2 aromatic carbocycles. The molecule has 0 spiro atoms. The molecule has 3 aromatic rings. The van der Waals surface area contributed by atoms with Crippen LogP contribution < -0.4 is 21.1 Å². The Morgan fingerprint density at radius 2 is 1.59 bits per heavy atom. The second-order valence-corrected chi connectivity index (χ2v) is 14.0. The third-order valence-electron chi connectivity index (χ3n) is 8.68. The first-order valence-electron chi connectivity index (χ1n) is 16.2. The maximum Gasteiger partial charge on any atom is 0.407 e. The summed E-state index contributed by atoms with van der Waals surface area (Å²) in [5.41, 5.74) is 7.14. The standard InChI is InChI=1S/C37H51N5O4/c1-23-18-24(2)39-35(44)32(23)21-38-34(43)31-19-28(27-12-10-26(11-13-27)22-41(7)8)20-33(25(31)3)42(9)30-16-14-29(15-17-30)40-36(45)46-37(4,5)6/h10-13,18-20,29-30H,14-17,21-22H2,1-9H3,(H,38,43)(H,39,44)(H,40,45). The summed E-state index contributed by atoms with van der Waals surface area (Å²) in [6.45, 7) is 12.3. The van der Waals surface area contributed by atoms with E-state index in [4.69, 9.17) is 4.74 Å². The Balaban J connectivity index is 1.60. The number of nitrogens with zero attached hydrogens (tertiary/aromatic N) is 2. The van der Waals surface area contributed by atoms with Gasteiger partial charge in [-0.1, -0.05) is 24.3 Å². The molecule has 0 bridgehead atoms. The van der Waals surface area contributed by atoms with E-state index in [0.29, 0.717) is 11.1 Å². The number of aromatic amines is 1. The number of ether oxygens (including phenoxy) is 1. The zero-order valence-electron chi connectivity index (χ0n) is 29.0. The average molecular weight is 630 g/mol. The fraction of sp³-hybridized carbons (Fsp3) is 0.486. The number of hydrogen-bond acceptors (Lipinski definition) is 6. The van der Waals surface area contributed by atoms with Gasteiger partial charge >= 0.3 is 6.09 Å². The lowest BCUT2D eigenvalue weighted by Crippen LogP contribution is -2.44. The number of amides is 2. The van der Waals surface area contributed by atoms with Crippen molar-refractivity contribution in [2.45, 2.75) is 98.0 Å². The van der Waals surface area contributed by atoms with Gasteiger partial charge in [0.1, 0.15) is 5.60 Å². The number of benzene rings is 2.